The second-order valence-corrected chi connectivity index (χ2v) is 9.79. The molecule has 3 aromatic carbocycles. The highest BCUT2D eigenvalue weighted by Gasteiger charge is 2.65. The molecule has 188 valence electrons. The van der Waals surface area contributed by atoms with Crippen LogP contribution in [-0.4, -0.2) is 44.1 Å². The number of para-hydroxylation sites is 3. The van der Waals surface area contributed by atoms with Gasteiger partial charge in [0.25, 0.3) is 0 Å². The number of hydrogen-bond acceptors (Lipinski definition) is 7. The molecule has 4 atom stereocenters. The van der Waals surface area contributed by atoms with Crippen molar-refractivity contribution in [1.29, 1.82) is 0 Å². The molecule has 0 bridgehead atoms. The largest absolute Gasteiger partial charge is 0.496 e. The molecular formula is C29H24N6O3. The highest BCUT2D eigenvalue weighted by Crippen LogP contribution is 2.59. The number of aromatic nitrogens is 4. The van der Waals surface area contributed by atoms with Crippen molar-refractivity contribution in [3.63, 3.8) is 0 Å². The molecule has 5 aromatic rings. The van der Waals surface area contributed by atoms with Gasteiger partial charge < -0.3 is 9.72 Å². The van der Waals surface area contributed by atoms with Crippen LogP contribution in [0.4, 0.5) is 0 Å². The number of nitrogens with one attached hydrogen (secondary N) is 2. The van der Waals surface area contributed by atoms with Crippen molar-refractivity contribution in [1.82, 2.24) is 25.3 Å². The summed E-state index contributed by atoms with van der Waals surface area (Å²) < 4.78 is 5.77. The van der Waals surface area contributed by atoms with E-state index in [4.69, 9.17) is 14.7 Å². The van der Waals surface area contributed by atoms with Crippen molar-refractivity contribution in [3.05, 3.63) is 118 Å². The number of hydrogen-bond donors (Lipinski definition) is 2. The molecule has 0 radical (unpaired) electrons. The van der Waals surface area contributed by atoms with Gasteiger partial charge in [0.2, 0.25) is 6.04 Å². The third kappa shape index (κ3) is 3.12. The Morgan fingerprint density at radius 2 is 1.74 bits per heavy atom. The molecule has 0 amide bonds. The minimum Gasteiger partial charge on any atom is -0.496 e. The number of aromatic amines is 1. The fourth-order valence-corrected chi connectivity index (χ4v) is 6.46. The van der Waals surface area contributed by atoms with Crippen LogP contribution >= 0.6 is 0 Å². The number of H-pyrrole nitrogens is 1. The Morgan fingerprint density at radius 1 is 1.00 bits per heavy atom. The number of benzene rings is 3. The summed E-state index contributed by atoms with van der Waals surface area (Å²) in [6.07, 6.45) is 3.71. The van der Waals surface area contributed by atoms with Crippen molar-refractivity contribution in [2.45, 2.75) is 30.0 Å². The van der Waals surface area contributed by atoms with E-state index in [1.807, 2.05) is 72.8 Å². The first kappa shape index (κ1) is 22.6. The lowest BCUT2D eigenvalue weighted by atomic mass is 9.73. The number of imidazole rings is 1. The molecule has 0 saturated carbocycles. The molecule has 9 nitrogen and oxygen atoms in total. The van der Waals surface area contributed by atoms with Crippen LogP contribution in [-0.2, 0) is 12.0 Å². The van der Waals surface area contributed by atoms with E-state index < -0.39 is 23.5 Å². The monoisotopic (exact) mass is 504 g/mol. The smallest absolute Gasteiger partial charge is 0.238 e. The highest BCUT2D eigenvalue weighted by atomic mass is 16.6. The Bertz CT molecular complexity index is 1690. The van der Waals surface area contributed by atoms with Crippen molar-refractivity contribution in [2.75, 3.05) is 7.11 Å². The standard InChI is InChI=1S/C29H24N6O3/c1-38-24-13-7-3-9-19(24)25-27(35(36)37)23(14-17-15-30-16-31-17)34-29(25)20-10-4-2-8-18(20)26-28(29)33-22-12-6-5-11-21(22)32-26/h2-13,15-16,23,25,27,34H,14H2,1H3,(H,30,31). The fourth-order valence-electron chi connectivity index (χ4n) is 6.46. The Morgan fingerprint density at radius 3 is 2.50 bits per heavy atom. The molecule has 2 aromatic heterocycles. The van der Waals surface area contributed by atoms with Crippen LogP contribution in [0.3, 0.4) is 0 Å². The maximum atomic E-state index is 13.0. The zero-order valence-electron chi connectivity index (χ0n) is 20.5. The Kier molecular flexibility index (Phi) is 5.02. The molecule has 1 fully saturated rings. The molecular weight excluding hydrogens is 480 g/mol. The van der Waals surface area contributed by atoms with E-state index in [9.17, 15) is 10.1 Å². The van der Waals surface area contributed by atoms with E-state index in [-0.39, 0.29) is 4.92 Å². The minimum atomic E-state index is -1.000. The van der Waals surface area contributed by atoms with Gasteiger partial charge in [0.15, 0.2) is 0 Å². The lowest BCUT2D eigenvalue weighted by Crippen LogP contribution is -2.44. The molecule has 7 rings (SSSR count). The third-order valence-corrected chi connectivity index (χ3v) is 7.90. The summed E-state index contributed by atoms with van der Waals surface area (Å²) in [4.78, 5) is 30.3. The molecule has 1 spiro atoms. The summed E-state index contributed by atoms with van der Waals surface area (Å²) in [5.74, 6) is -0.0215. The fraction of sp³-hybridized carbons (Fsp3) is 0.207. The molecule has 1 aliphatic carbocycles. The predicted octanol–water partition coefficient (Wildman–Crippen LogP) is 4.23. The summed E-state index contributed by atoms with van der Waals surface area (Å²) in [5.41, 5.74) is 5.41. The Balaban J connectivity index is 1.56. The van der Waals surface area contributed by atoms with E-state index in [1.165, 1.54) is 0 Å². The van der Waals surface area contributed by atoms with Crippen LogP contribution in [0.5, 0.6) is 5.75 Å². The zero-order chi connectivity index (χ0) is 25.9. The van der Waals surface area contributed by atoms with Crippen LogP contribution < -0.4 is 10.1 Å². The SMILES string of the molecule is COc1ccccc1C1C([N+](=O)[O-])C(Cc2cnc[nH]2)NC12c1ccccc1-c1nc3ccccc3nc12. The maximum absolute atomic E-state index is 13.0. The molecule has 1 saturated heterocycles. The number of ether oxygens (including phenoxy) is 1. The van der Waals surface area contributed by atoms with Crippen molar-refractivity contribution in [2.24, 2.45) is 0 Å². The molecule has 4 unspecified atom stereocenters. The number of fused-ring (bicyclic) bond motifs is 6. The molecule has 38 heavy (non-hydrogen) atoms. The number of methoxy groups -OCH3 is 1. The van der Waals surface area contributed by atoms with E-state index in [1.54, 1.807) is 19.6 Å². The van der Waals surface area contributed by atoms with Crippen molar-refractivity contribution < 1.29 is 9.66 Å². The molecule has 1 aliphatic heterocycles. The number of nitrogens with zero attached hydrogens (tertiary/aromatic N) is 4. The van der Waals surface area contributed by atoms with Crippen LogP contribution in [0, 0.1) is 10.1 Å². The van der Waals surface area contributed by atoms with Gasteiger partial charge >= 0.3 is 0 Å². The summed E-state index contributed by atoms with van der Waals surface area (Å²) in [5, 5.41) is 16.7. The lowest BCUT2D eigenvalue weighted by Gasteiger charge is -2.33. The summed E-state index contributed by atoms with van der Waals surface area (Å²) >= 11 is 0. The second-order valence-electron chi connectivity index (χ2n) is 9.79. The third-order valence-electron chi connectivity index (χ3n) is 7.90. The van der Waals surface area contributed by atoms with Crippen molar-refractivity contribution >= 4 is 11.0 Å². The quantitative estimate of drug-likeness (QED) is 0.272. The first-order valence-corrected chi connectivity index (χ1v) is 12.5. The lowest BCUT2D eigenvalue weighted by molar-refractivity contribution is -0.527. The van der Waals surface area contributed by atoms with Gasteiger partial charge in [-0.2, -0.15) is 0 Å². The second kappa shape index (κ2) is 8.46. The van der Waals surface area contributed by atoms with Crippen LogP contribution in [0.1, 0.15) is 28.4 Å². The number of rotatable bonds is 5. The Hall–Kier alpha value is -4.63. The average molecular weight is 505 g/mol. The van der Waals surface area contributed by atoms with Crippen LogP contribution in [0.25, 0.3) is 22.3 Å². The molecule has 2 N–H and O–H groups in total. The first-order valence-electron chi connectivity index (χ1n) is 12.5. The van der Waals surface area contributed by atoms with E-state index in [0.717, 1.165) is 39.1 Å². The van der Waals surface area contributed by atoms with Crippen molar-refractivity contribution in [3.8, 4) is 17.0 Å². The Labute approximate surface area is 218 Å². The van der Waals surface area contributed by atoms with Gasteiger partial charge in [-0.3, -0.25) is 15.4 Å². The average Bonchev–Trinajstić information content (AvgIpc) is 3.65. The van der Waals surface area contributed by atoms with Gasteiger partial charge in [-0.15, -0.1) is 0 Å². The van der Waals surface area contributed by atoms with Gasteiger partial charge in [-0.25, -0.2) is 15.0 Å². The van der Waals surface area contributed by atoms with E-state index in [2.05, 4.69) is 15.3 Å². The zero-order valence-corrected chi connectivity index (χ0v) is 20.5. The molecule has 9 heteroatoms. The number of nitro groups is 1. The molecule has 3 heterocycles. The maximum Gasteiger partial charge on any atom is 0.238 e. The molecule has 2 aliphatic rings. The predicted molar refractivity (Wildman–Crippen MR) is 141 cm³/mol. The van der Waals surface area contributed by atoms with Crippen LogP contribution in [0.2, 0.25) is 0 Å². The highest BCUT2D eigenvalue weighted by molar-refractivity contribution is 5.85. The normalized spacial score (nSPS) is 23.4. The van der Waals surface area contributed by atoms with Gasteiger partial charge in [-0.1, -0.05) is 54.6 Å². The topological polar surface area (TPSA) is 119 Å². The van der Waals surface area contributed by atoms with E-state index in [0.29, 0.717) is 17.9 Å². The summed E-state index contributed by atoms with van der Waals surface area (Å²) in [7, 11) is 1.60. The van der Waals surface area contributed by atoms with Gasteiger partial charge in [0.1, 0.15) is 11.3 Å². The van der Waals surface area contributed by atoms with Gasteiger partial charge in [0, 0.05) is 34.4 Å². The van der Waals surface area contributed by atoms with E-state index >= 15 is 0 Å². The van der Waals surface area contributed by atoms with Crippen LogP contribution in [0.15, 0.2) is 85.3 Å². The summed E-state index contributed by atoms with van der Waals surface area (Å²) in [6.45, 7) is 0. The van der Waals surface area contributed by atoms with Gasteiger partial charge in [0.05, 0.1) is 47.8 Å². The van der Waals surface area contributed by atoms with Gasteiger partial charge in [-0.05, 0) is 23.8 Å². The minimum absolute atomic E-state index is 0.158. The first-order chi connectivity index (χ1) is 18.6. The summed E-state index contributed by atoms with van der Waals surface area (Å²) in [6, 6.07) is 21.8.